The Hall–Kier alpha value is -2.54. The summed E-state index contributed by atoms with van der Waals surface area (Å²) in [5.41, 5.74) is -0.146. The summed E-state index contributed by atoms with van der Waals surface area (Å²) in [5, 5.41) is 3.42. The van der Waals surface area contributed by atoms with E-state index in [0.717, 1.165) is 5.56 Å². The van der Waals surface area contributed by atoms with Crippen molar-refractivity contribution in [1.82, 2.24) is 5.32 Å². The number of carbonyl (C=O) groups excluding carboxylic acids is 2. The van der Waals surface area contributed by atoms with Gasteiger partial charge in [-0.2, -0.15) is 0 Å². The molecule has 0 saturated carbocycles. The third-order valence-corrected chi connectivity index (χ3v) is 4.45. The predicted molar refractivity (Wildman–Crippen MR) is 115 cm³/mol. The Kier molecular flexibility index (Phi) is 7.53. The summed E-state index contributed by atoms with van der Waals surface area (Å²) in [7, 11) is 0. The smallest absolute Gasteiger partial charge is 0.408 e. The molecule has 0 fully saturated rings. The van der Waals surface area contributed by atoms with Gasteiger partial charge >= 0.3 is 17.7 Å². The van der Waals surface area contributed by atoms with E-state index in [2.05, 4.69) is 5.32 Å². The molecule has 1 aromatic carbocycles. The van der Waals surface area contributed by atoms with Crippen LogP contribution in [-0.4, -0.2) is 23.7 Å². The van der Waals surface area contributed by atoms with Crippen molar-refractivity contribution in [2.45, 2.75) is 66.0 Å². The number of carbonyl (C=O) groups is 2. The quantitative estimate of drug-likeness (QED) is 0.394. The molecule has 2 aromatic rings. The fourth-order valence-corrected chi connectivity index (χ4v) is 3.12. The van der Waals surface area contributed by atoms with Crippen LogP contribution in [0.2, 0.25) is 5.02 Å². The fraction of sp³-hybridized carbons (Fsp3) is 0.500. The minimum absolute atomic E-state index is 0.0466. The number of esters is 1. The van der Waals surface area contributed by atoms with Gasteiger partial charge in [-0.1, -0.05) is 32.4 Å². The van der Waals surface area contributed by atoms with Crippen LogP contribution in [0.15, 0.2) is 27.4 Å². The second kappa shape index (κ2) is 9.51. The van der Waals surface area contributed by atoms with Gasteiger partial charge in [-0.15, -0.1) is 0 Å². The maximum Gasteiger partial charge on any atom is 0.408 e. The Morgan fingerprint density at radius 3 is 2.43 bits per heavy atom. The maximum atomic E-state index is 12.8. The molecule has 0 aliphatic heterocycles. The molecule has 1 unspecified atom stereocenters. The number of nitrogens with one attached hydrogen (secondary N) is 1. The number of alkyl carbamates (subject to hydrolysis) is 1. The van der Waals surface area contributed by atoms with Crippen LogP contribution in [-0.2, 0) is 16.0 Å². The van der Waals surface area contributed by atoms with Crippen LogP contribution in [0.25, 0.3) is 11.0 Å². The zero-order valence-corrected chi connectivity index (χ0v) is 18.9. The normalized spacial score (nSPS) is 12.7. The van der Waals surface area contributed by atoms with E-state index in [1.165, 1.54) is 12.1 Å². The lowest BCUT2D eigenvalue weighted by Crippen LogP contribution is -2.45. The number of benzene rings is 1. The summed E-state index contributed by atoms with van der Waals surface area (Å²) in [6, 6.07) is 3.49. The Balaban J connectivity index is 2.29. The van der Waals surface area contributed by atoms with Crippen molar-refractivity contribution in [3.05, 3.63) is 39.2 Å². The molecule has 0 bridgehead atoms. The van der Waals surface area contributed by atoms with Gasteiger partial charge in [0, 0.05) is 17.5 Å². The van der Waals surface area contributed by atoms with Crippen LogP contribution in [0.3, 0.4) is 0 Å². The van der Waals surface area contributed by atoms with E-state index >= 15 is 0 Å². The molecule has 0 aliphatic rings. The Bertz CT molecular complexity index is 990. The first-order valence-electron chi connectivity index (χ1n) is 9.87. The standard InChI is InChI=1S/C22H28ClNO6/c1-7-13-9-19(25)28-17-11-18(15(23)10-14(13)17)29-20(26)16(8-12(2)3)24-21(27)30-22(4,5)6/h9-12,16H,7-8H2,1-6H3,(H,24,27). The summed E-state index contributed by atoms with van der Waals surface area (Å²) in [5.74, 6) is -0.537. The molecule has 8 heteroatoms. The van der Waals surface area contributed by atoms with Gasteiger partial charge in [0.2, 0.25) is 0 Å². The van der Waals surface area contributed by atoms with Crippen molar-refractivity contribution < 1.29 is 23.5 Å². The third kappa shape index (κ3) is 6.49. The fourth-order valence-electron chi connectivity index (χ4n) is 2.91. The number of aryl methyl sites for hydroxylation is 1. The van der Waals surface area contributed by atoms with Crippen molar-refractivity contribution in [3.63, 3.8) is 0 Å². The number of rotatable bonds is 6. The lowest BCUT2D eigenvalue weighted by Gasteiger charge is -2.23. The topological polar surface area (TPSA) is 94.8 Å². The van der Waals surface area contributed by atoms with Crippen molar-refractivity contribution >= 4 is 34.6 Å². The number of hydrogen-bond donors (Lipinski definition) is 1. The number of hydrogen-bond acceptors (Lipinski definition) is 6. The summed E-state index contributed by atoms with van der Waals surface area (Å²) in [6.45, 7) is 10.9. The van der Waals surface area contributed by atoms with Crippen molar-refractivity contribution in [2.75, 3.05) is 0 Å². The second-order valence-corrected chi connectivity index (χ2v) is 8.88. The zero-order valence-electron chi connectivity index (χ0n) is 18.1. The number of halogens is 1. The maximum absolute atomic E-state index is 12.8. The van der Waals surface area contributed by atoms with E-state index in [-0.39, 0.29) is 22.3 Å². The highest BCUT2D eigenvalue weighted by atomic mass is 35.5. The highest BCUT2D eigenvalue weighted by molar-refractivity contribution is 6.33. The monoisotopic (exact) mass is 437 g/mol. The molecule has 164 valence electrons. The van der Waals surface area contributed by atoms with E-state index < -0.39 is 29.3 Å². The van der Waals surface area contributed by atoms with E-state index in [9.17, 15) is 14.4 Å². The average molecular weight is 438 g/mol. The van der Waals surface area contributed by atoms with Gasteiger partial charge in [0.25, 0.3) is 0 Å². The van der Waals surface area contributed by atoms with Crippen LogP contribution in [0.5, 0.6) is 5.75 Å². The molecule has 2 rings (SSSR count). The van der Waals surface area contributed by atoms with E-state index in [0.29, 0.717) is 18.2 Å². The summed E-state index contributed by atoms with van der Waals surface area (Å²) >= 11 is 6.31. The minimum atomic E-state index is -0.930. The lowest BCUT2D eigenvalue weighted by molar-refractivity contribution is -0.137. The Morgan fingerprint density at radius 2 is 1.87 bits per heavy atom. The highest BCUT2D eigenvalue weighted by Gasteiger charge is 2.27. The molecule has 0 saturated heterocycles. The Morgan fingerprint density at radius 1 is 1.20 bits per heavy atom. The van der Waals surface area contributed by atoms with E-state index in [4.69, 9.17) is 25.5 Å². The third-order valence-electron chi connectivity index (χ3n) is 4.16. The second-order valence-electron chi connectivity index (χ2n) is 8.47. The first-order chi connectivity index (χ1) is 13.9. The van der Waals surface area contributed by atoms with Crippen molar-refractivity contribution in [1.29, 1.82) is 0 Å². The highest BCUT2D eigenvalue weighted by Crippen LogP contribution is 2.32. The number of ether oxygens (including phenoxy) is 2. The zero-order chi connectivity index (χ0) is 22.6. The SMILES string of the molecule is CCc1cc(=O)oc2cc(OC(=O)C(CC(C)C)NC(=O)OC(C)(C)C)c(Cl)cc12. The van der Waals surface area contributed by atoms with Crippen molar-refractivity contribution in [3.8, 4) is 5.75 Å². The molecule has 0 radical (unpaired) electrons. The number of amides is 1. The van der Waals surface area contributed by atoms with Crippen LogP contribution >= 0.6 is 11.6 Å². The predicted octanol–water partition coefficient (Wildman–Crippen LogP) is 4.85. The molecule has 7 nitrogen and oxygen atoms in total. The molecule has 0 aliphatic carbocycles. The van der Waals surface area contributed by atoms with Gasteiger partial charge in [0.15, 0.2) is 5.75 Å². The van der Waals surface area contributed by atoms with Crippen LogP contribution in [0, 0.1) is 5.92 Å². The Labute approximate surface area is 180 Å². The largest absolute Gasteiger partial charge is 0.444 e. The van der Waals surface area contributed by atoms with Crippen molar-refractivity contribution in [2.24, 2.45) is 5.92 Å². The molecule has 1 heterocycles. The molecule has 1 atom stereocenters. The summed E-state index contributed by atoms with van der Waals surface area (Å²) in [4.78, 5) is 36.7. The van der Waals surface area contributed by atoms with Crippen LogP contribution in [0.1, 0.15) is 53.5 Å². The van der Waals surface area contributed by atoms with Gasteiger partial charge in [0.1, 0.15) is 17.2 Å². The molecule has 30 heavy (non-hydrogen) atoms. The average Bonchev–Trinajstić information content (AvgIpc) is 2.59. The molecular weight excluding hydrogens is 410 g/mol. The van der Waals surface area contributed by atoms with Gasteiger partial charge in [-0.3, -0.25) is 0 Å². The van der Waals surface area contributed by atoms with Crippen LogP contribution in [0.4, 0.5) is 4.79 Å². The van der Waals surface area contributed by atoms with Gasteiger partial charge in [-0.25, -0.2) is 14.4 Å². The van der Waals surface area contributed by atoms with Crippen LogP contribution < -0.4 is 15.7 Å². The van der Waals surface area contributed by atoms with Gasteiger partial charge in [0.05, 0.1) is 5.02 Å². The molecule has 1 amide bonds. The molecule has 1 N–H and O–H groups in total. The first-order valence-corrected chi connectivity index (χ1v) is 10.2. The van der Waals surface area contributed by atoms with E-state index in [1.807, 2.05) is 20.8 Å². The van der Waals surface area contributed by atoms with Gasteiger partial charge in [-0.05, 0) is 51.2 Å². The summed E-state index contributed by atoms with van der Waals surface area (Å²) < 4.78 is 15.9. The minimum Gasteiger partial charge on any atom is -0.444 e. The first kappa shape index (κ1) is 23.7. The number of fused-ring (bicyclic) bond motifs is 1. The van der Waals surface area contributed by atoms with Gasteiger partial charge < -0.3 is 19.2 Å². The lowest BCUT2D eigenvalue weighted by atomic mass is 10.0. The molecule has 1 aromatic heterocycles. The summed E-state index contributed by atoms with van der Waals surface area (Å²) in [6.07, 6.45) is 0.250. The molecular formula is C22H28ClNO6. The van der Waals surface area contributed by atoms with E-state index in [1.54, 1.807) is 26.8 Å². The molecule has 0 spiro atoms.